The van der Waals surface area contributed by atoms with Gasteiger partial charge in [0.25, 0.3) is 0 Å². The maximum absolute atomic E-state index is 6.02. The molecule has 1 aromatic rings. The lowest BCUT2D eigenvalue weighted by Crippen LogP contribution is -2.41. The van der Waals surface area contributed by atoms with Crippen LogP contribution in [0.25, 0.3) is 0 Å². The number of nitrogens with two attached hydrogens (primary N) is 1. The fourth-order valence-corrected chi connectivity index (χ4v) is 3.68. The van der Waals surface area contributed by atoms with Crippen molar-refractivity contribution >= 4 is 45.9 Å². The predicted molar refractivity (Wildman–Crippen MR) is 109 cm³/mol. The standard InChI is InChI=1S/C17H24BrN3O.HI/c18-14-5-1-4-13(10-14)17(7-3-8-17)12-21-16(19)20-11-15-6-2-9-22-15;/h1,4-5,10,15H,2-3,6-9,11-12H2,(H3,19,20,21);1H. The van der Waals surface area contributed by atoms with E-state index < -0.39 is 0 Å². The van der Waals surface area contributed by atoms with Crippen molar-refractivity contribution in [2.24, 2.45) is 10.7 Å². The summed E-state index contributed by atoms with van der Waals surface area (Å²) in [7, 11) is 0. The first-order valence-electron chi connectivity index (χ1n) is 8.09. The highest BCUT2D eigenvalue weighted by molar-refractivity contribution is 14.0. The number of ether oxygens (including phenoxy) is 1. The van der Waals surface area contributed by atoms with Crippen molar-refractivity contribution < 1.29 is 4.74 Å². The number of hydrogen-bond acceptors (Lipinski definition) is 2. The first-order valence-corrected chi connectivity index (χ1v) is 8.89. The van der Waals surface area contributed by atoms with Crippen molar-refractivity contribution in [1.82, 2.24) is 5.32 Å². The van der Waals surface area contributed by atoms with E-state index in [1.807, 2.05) is 0 Å². The number of aliphatic imine (C=N–C) groups is 1. The lowest BCUT2D eigenvalue weighted by atomic mass is 9.64. The molecule has 1 aliphatic carbocycles. The van der Waals surface area contributed by atoms with Crippen LogP contribution in [0.15, 0.2) is 33.7 Å². The maximum Gasteiger partial charge on any atom is 0.188 e. The van der Waals surface area contributed by atoms with Crippen LogP contribution in [0, 0.1) is 0 Å². The Morgan fingerprint density at radius 2 is 2.22 bits per heavy atom. The summed E-state index contributed by atoms with van der Waals surface area (Å²) in [6.45, 7) is 2.39. The molecule has 1 unspecified atom stereocenters. The molecule has 3 N–H and O–H groups in total. The van der Waals surface area contributed by atoms with Crippen LogP contribution in [-0.2, 0) is 10.2 Å². The van der Waals surface area contributed by atoms with Crippen LogP contribution >= 0.6 is 39.9 Å². The van der Waals surface area contributed by atoms with E-state index >= 15 is 0 Å². The van der Waals surface area contributed by atoms with Gasteiger partial charge in [0.15, 0.2) is 5.96 Å². The molecule has 1 saturated heterocycles. The zero-order chi connectivity index (χ0) is 15.4. The summed E-state index contributed by atoms with van der Waals surface area (Å²) in [6.07, 6.45) is 6.19. The molecule has 1 aromatic carbocycles. The molecule has 6 heteroatoms. The molecule has 2 aliphatic rings. The molecule has 2 fully saturated rings. The molecular formula is C17H25BrIN3O. The topological polar surface area (TPSA) is 59.6 Å². The van der Waals surface area contributed by atoms with Gasteiger partial charge in [-0.25, -0.2) is 0 Å². The molecule has 3 rings (SSSR count). The normalized spacial score (nSPS) is 23.0. The summed E-state index contributed by atoms with van der Waals surface area (Å²) in [5.74, 6) is 0.539. The Hall–Kier alpha value is -0.340. The van der Waals surface area contributed by atoms with E-state index in [1.165, 1.54) is 24.8 Å². The second kappa shape index (κ2) is 8.67. The molecule has 23 heavy (non-hydrogen) atoms. The smallest absolute Gasteiger partial charge is 0.188 e. The fourth-order valence-electron chi connectivity index (χ4n) is 3.28. The fraction of sp³-hybridized carbons (Fsp3) is 0.588. The highest BCUT2D eigenvalue weighted by atomic mass is 127. The first kappa shape index (κ1) is 19.0. The molecule has 1 saturated carbocycles. The van der Waals surface area contributed by atoms with Gasteiger partial charge in [-0.05, 0) is 43.4 Å². The minimum Gasteiger partial charge on any atom is -0.376 e. The molecule has 128 valence electrons. The summed E-state index contributed by atoms with van der Waals surface area (Å²) in [5, 5.41) is 3.20. The molecule has 4 nitrogen and oxygen atoms in total. The quantitative estimate of drug-likeness (QED) is 0.374. The van der Waals surface area contributed by atoms with Crippen LogP contribution in [0.3, 0.4) is 0 Å². The van der Waals surface area contributed by atoms with Gasteiger partial charge in [0.05, 0.1) is 12.6 Å². The summed E-state index contributed by atoms with van der Waals surface area (Å²) < 4.78 is 6.71. The van der Waals surface area contributed by atoms with Crippen molar-refractivity contribution in [3.8, 4) is 0 Å². The Balaban J connectivity index is 0.00000192. The van der Waals surface area contributed by atoms with Crippen LogP contribution in [0.5, 0.6) is 0 Å². The van der Waals surface area contributed by atoms with Crippen molar-refractivity contribution in [2.75, 3.05) is 19.7 Å². The molecule has 0 aromatic heterocycles. The van der Waals surface area contributed by atoms with E-state index in [-0.39, 0.29) is 35.5 Å². The third-order valence-electron chi connectivity index (χ3n) is 4.83. The molecule has 1 heterocycles. The Kier molecular flexibility index (Phi) is 7.16. The van der Waals surface area contributed by atoms with Gasteiger partial charge in [0.1, 0.15) is 0 Å². The molecular weight excluding hydrogens is 469 g/mol. The Morgan fingerprint density at radius 1 is 1.39 bits per heavy atom. The van der Waals surface area contributed by atoms with Crippen molar-refractivity contribution in [3.05, 3.63) is 34.3 Å². The van der Waals surface area contributed by atoms with Gasteiger partial charge in [0, 0.05) is 23.0 Å². The Bertz CT molecular complexity index is 542. The van der Waals surface area contributed by atoms with Gasteiger partial charge >= 0.3 is 0 Å². The van der Waals surface area contributed by atoms with Crippen molar-refractivity contribution in [2.45, 2.75) is 43.6 Å². The average molecular weight is 494 g/mol. The molecule has 1 atom stereocenters. The second-order valence-electron chi connectivity index (χ2n) is 6.36. The number of rotatable bonds is 5. The van der Waals surface area contributed by atoms with E-state index in [0.717, 1.165) is 37.0 Å². The van der Waals surface area contributed by atoms with E-state index in [1.54, 1.807) is 0 Å². The van der Waals surface area contributed by atoms with Crippen molar-refractivity contribution in [1.29, 1.82) is 0 Å². The Morgan fingerprint density at radius 3 is 2.83 bits per heavy atom. The summed E-state index contributed by atoms with van der Waals surface area (Å²) >= 11 is 3.56. The predicted octanol–water partition coefficient (Wildman–Crippen LogP) is 3.57. The van der Waals surface area contributed by atoms with E-state index in [4.69, 9.17) is 10.5 Å². The van der Waals surface area contributed by atoms with Crippen molar-refractivity contribution in [3.63, 3.8) is 0 Å². The largest absolute Gasteiger partial charge is 0.376 e. The number of benzene rings is 1. The van der Waals surface area contributed by atoms with Crippen LogP contribution in [0.2, 0.25) is 0 Å². The number of halogens is 2. The highest BCUT2D eigenvalue weighted by Crippen LogP contribution is 2.44. The second-order valence-corrected chi connectivity index (χ2v) is 7.28. The number of nitrogens with zero attached hydrogens (tertiary/aromatic N) is 1. The zero-order valence-electron chi connectivity index (χ0n) is 13.3. The molecule has 0 radical (unpaired) electrons. The average Bonchev–Trinajstić information content (AvgIpc) is 2.97. The van der Waals surface area contributed by atoms with Gasteiger partial charge in [-0.15, -0.1) is 24.0 Å². The van der Waals surface area contributed by atoms with Crippen LogP contribution < -0.4 is 11.1 Å². The maximum atomic E-state index is 6.02. The van der Waals surface area contributed by atoms with E-state index in [9.17, 15) is 0 Å². The molecule has 0 amide bonds. The summed E-state index contributed by atoms with van der Waals surface area (Å²) in [4.78, 5) is 4.60. The van der Waals surface area contributed by atoms with Crippen LogP contribution in [-0.4, -0.2) is 31.8 Å². The molecule has 1 aliphatic heterocycles. The van der Waals surface area contributed by atoms with Crippen LogP contribution in [0.1, 0.15) is 37.7 Å². The Labute approximate surface area is 163 Å². The van der Waals surface area contributed by atoms with Gasteiger partial charge in [0.2, 0.25) is 0 Å². The first-order chi connectivity index (χ1) is 10.7. The van der Waals surface area contributed by atoms with Gasteiger partial charge in [-0.3, -0.25) is 4.99 Å². The zero-order valence-corrected chi connectivity index (χ0v) is 17.2. The van der Waals surface area contributed by atoms with Gasteiger partial charge in [-0.2, -0.15) is 0 Å². The number of nitrogens with one attached hydrogen (secondary N) is 1. The van der Waals surface area contributed by atoms with E-state index in [0.29, 0.717) is 5.96 Å². The minimum absolute atomic E-state index is 0. The summed E-state index contributed by atoms with van der Waals surface area (Å²) in [5.41, 5.74) is 7.55. The minimum atomic E-state index is 0. The monoisotopic (exact) mass is 493 g/mol. The van der Waals surface area contributed by atoms with E-state index in [2.05, 4.69) is 50.5 Å². The lowest BCUT2D eigenvalue weighted by molar-refractivity contribution is 0.114. The van der Waals surface area contributed by atoms with Gasteiger partial charge < -0.3 is 15.8 Å². The third-order valence-corrected chi connectivity index (χ3v) is 5.33. The summed E-state index contributed by atoms with van der Waals surface area (Å²) in [6, 6.07) is 8.58. The lowest BCUT2D eigenvalue weighted by Gasteiger charge is -2.41. The highest BCUT2D eigenvalue weighted by Gasteiger charge is 2.38. The number of hydrogen-bond donors (Lipinski definition) is 2. The van der Waals surface area contributed by atoms with Gasteiger partial charge in [-0.1, -0.05) is 34.5 Å². The number of guanidine groups is 1. The SMILES string of the molecule is I.NC(=NCC1(c2cccc(Br)c2)CCC1)NCC1CCCO1. The molecule has 0 spiro atoms. The third kappa shape index (κ3) is 4.82. The van der Waals surface area contributed by atoms with Crippen LogP contribution in [0.4, 0.5) is 0 Å². The molecule has 0 bridgehead atoms.